The number of nitrogens with zero attached hydrogens (tertiary/aromatic N) is 4. The van der Waals surface area contributed by atoms with E-state index in [2.05, 4.69) is 21.2 Å². The number of carbonyl (C=O) groups is 1. The Morgan fingerprint density at radius 3 is 2.73 bits per heavy atom. The quantitative estimate of drug-likeness (QED) is 0.327. The van der Waals surface area contributed by atoms with Crippen LogP contribution in [0.1, 0.15) is 54.9 Å². The zero-order valence-electron chi connectivity index (χ0n) is 21.3. The molecular weight excluding hydrogens is 467 g/mol. The Morgan fingerprint density at radius 2 is 1.97 bits per heavy atom. The van der Waals surface area contributed by atoms with E-state index >= 15 is 0 Å². The van der Waals surface area contributed by atoms with Crippen molar-refractivity contribution in [2.45, 2.75) is 52.7 Å². The first-order valence-electron chi connectivity index (χ1n) is 12.5. The number of imidazole rings is 1. The molecule has 1 amide bonds. The van der Waals surface area contributed by atoms with Crippen molar-refractivity contribution in [1.29, 1.82) is 0 Å². The molecule has 2 aromatic heterocycles. The Kier molecular flexibility index (Phi) is 6.91. The number of aryl methyl sites for hydroxylation is 2. The van der Waals surface area contributed by atoms with Crippen molar-refractivity contribution in [3.05, 3.63) is 83.3 Å². The lowest BCUT2D eigenvalue weighted by atomic mass is 10.0. The number of aromatic nitrogens is 3. The molecule has 1 saturated heterocycles. The highest BCUT2D eigenvalue weighted by atomic mass is 19.1. The zero-order chi connectivity index (χ0) is 25.9. The summed E-state index contributed by atoms with van der Waals surface area (Å²) in [7, 11) is 0. The van der Waals surface area contributed by atoms with Gasteiger partial charge in [-0.1, -0.05) is 30.2 Å². The van der Waals surface area contributed by atoms with Gasteiger partial charge in [-0.05, 0) is 75.3 Å². The number of piperidine rings is 1. The summed E-state index contributed by atoms with van der Waals surface area (Å²) < 4.78 is 21.5. The van der Waals surface area contributed by atoms with Crippen molar-refractivity contribution < 1.29 is 13.9 Å². The summed E-state index contributed by atoms with van der Waals surface area (Å²) >= 11 is 0. The smallest absolute Gasteiger partial charge is 0.299 e. The number of benzene rings is 2. The van der Waals surface area contributed by atoms with Gasteiger partial charge in [0.2, 0.25) is 0 Å². The van der Waals surface area contributed by atoms with E-state index in [1.54, 1.807) is 32.2 Å². The van der Waals surface area contributed by atoms with Gasteiger partial charge in [-0.2, -0.15) is 0 Å². The van der Waals surface area contributed by atoms with Gasteiger partial charge in [0.05, 0.1) is 22.9 Å². The van der Waals surface area contributed by atoms with Gasteiger partial charge in [0.1, 0.15) is 24.0 Å². The maximum atomic E-state index is 13.5. The molecule has 3 heterocycles. The van der Waals surface area contributed by atoms with Crippen LogP contribution in [0, 0.1) is 31.5 Å². The summed E-state index contributed by atoms with van der Waals surface area (Å²) in [5.41, 5.74) is 5.15. The number of carbonyl (C=O) groups excluding carboxylic acids is 1. The Labute approximate surface area is 216 Å². The van der Waals surface area contributed by atoms with Gasteiger partial charge in [-0.3, -0.25) is 14.2 Å². The lowest BCUT2D eigenvalue weighted by Crippen LogP contribution is -2.38. The minimum absolute atomic E-state index is 0.142. The number of fused-ring (bicyclic) bond motifs is 1. The van der Waals surface area contributed by atoms with Crippen LogP contribution in [0.3, 0.4) is 0 Å². The Morgan fingerprint density at radius 1 is 1.16 bits per heavy atom. The summed E-state index contributed by atoms with van der Waals surface area (Å²) in [4.78, 5) is 24.2. The number of halogens is 1. The fourth-order valence-electron chi connectivity index (χ4n) is 4.91. The molecule has 0 aliphatic carbocycles. The second-order valence-corrected chi connectivity index (χ2v) is 9.33. The normalized spacial score (nSPS) is 15.4. The van der Waals surface area contributed by atoms with Crippen LogP contribution in [0.4, 0.5) is 4.39 Å². The molecule has 7 heteroatoms. The molecule has 0 bridgehead atoms. The monoisotopic (exact) mass is 496 g/mol. The summed E-state index contributed by atoms with van der Waals surface area (Å²) in [6.45, 7) is 6.43. The lowest BCUT2D eigenvalue weighted by molar-refractivity contribution is -0.129. The molecule has 6 nitrogen and oxygen atoms in total. The molecule has 37 heavy (non-hydrogen) atoms. The molecular formula is C30H29FN4O2. The van der Waals surface area contributed by atoms with Gasteiger partial charge in [0, 0.05) is 24.5 Å². The molecule has 0 spiro atoms. The van der Waals surface area contributed by atoms with Crippen LogP contribution in [-0.2, 0) is 11.4 Å². The minimum atomic E-state index is -0.243. The van der Waals surface area contributed by atoms with Gasteiger partial charge in [0.15, 0.2) is 0 Å². The fraction of sp³-hybridized carbons (Fsp3) is 0.300. The molecule has 1 aliphatic rings. The summed E-state index contributed by atoms with van der Waals surface area (Å²) in [5.74, 6) is 6.51. The third kappa shape index (κ3) is 4.92. The molecule has 0 unspecified atom stereocenters. The Bertz CT molecular complexity index is 1510. The van der Waals surface area contributed by atoms with Crippen LogP contribution in [0.5, 0.6) is 5.75 Å². The Hall–Kier alpha value is -4.18. The van der Waals surface area contributed by atoms with Gasteiger partial charge < -0.3 is 9.64 Å². The van der Waals surface area contributed by atoms with E-state index in [0.717, 1.165) is 53.1 Å². The van der Waals surface area contributed by atoms with Crippen LogP contribution in [0.25, 0.3) is 16.8 Å². The number of ether oxygens (including phenoxy) is 1. The van der Waals surface area contributed by atoms with E-state index in [0.29, 0.717) is 24.5 Å². The van der Waals surface area contributed by atoms with Crippen molar-refractivity contribution in [1.82, 2.24) is 19.3 Å². The van der Waals surface area contributed by atoms with Crippen molar-refractivity contribution in [2.24, 2.45) is 0 Å². The maximum Gasteiger partial charge on any atom is 0.299 e. The highest BCUT2D eigenvalue weighted by Crippen LogP contribution is 2.35. The molecule has 4 aromatic rings. The number of hydrogen-bond acceptors (Lipinski definition) is 4. The third-order valence-electron chi connectivity index (χ3n) is 6.82. The average Bonchev–Trinajstić information content (AvgIpc) is 3.31. The maximum absolute atomic E-state index is 13.5. The second-order valence-electron chi connectivity index (χ2n) is 9.33. The first-order chi connectivity index (χ1) is 18.0. The van der Waals surface area contributed by atoms with Gasteiger partial charge in [-0.25, -0.2) is 9.37 Å². The topological polar surface area (TPSA) is 59.7 Å². The fourth-order valence-corrected chi connectivity index (χ4v) is 4.91. The highest BCUT2D eigenvalue weighted by molar-refractivity contribution is 5.93. The van der Waals surface area contributed by atoms with Crippen molar-refractivity contribution in [3.63, 3.8) is 0 Å². The van der Waals surface area contributed by atoms with E-state index in [9.17, 15) is 9.18 Å². The minimum Gasteiger partial charge on any atom is -0.489 e. The first-order valence-corrected chi connectivity index (χ1v) is 12.5. The molecule has 188 valence electrons. The van der Waals surface area contributed by atoms with E-state index in [-0.39, 0.29) is 17.8 Å². The summed E-state index contributed by atoms with van der Waals surface area (Å²) in [6.07, 6.45) is 6.53. The van der Waals surface area contributed by atoms with Gasteiger partial charge in [-0.15, -0.1) is 0 Å². The number of hydrogen-bond donors (Lipinski definition) is 0. The van der Waals surface area contributed by atoms with Crippen LogP contribution in [0.2, 0.25) is 0 Å². The van der Waals surface area contributed by atoms with E-state index in [1.165, 1.54) is 6.07 Å². The van der Waals surface area contributed by atoms with Gasteiger partial charge >= 0.3 is 0 Å². The molecule has 5 rings (SSSR count). The largest absolute Gasteiger partial charge is 0.489 e. The second kappa shape index (κ2) is 10.4. The zero-order valence-corrected chi connectivity index (χ0v) is 21.3. The molecule has 0 radical (unpaired) electrons. The van der Waals surface area contributed by atoms with Crippen LogP contribution in [-0.4, -0.2) is 31.7 Å². The predicted molar refractivity (Wildman–Crippen MR) is 140 cm³/mol. The van der Waals surface area contributed by atoms with E-state index in [1.807, 2.05) is 42.3 Å². The lowest BCUT2D eigenvalue weighted by Gasteiger charge is -2.33. The van der Waals surface area contributed by atoms with Crippen molar-refractivity contribution in [3.8, 4) is 28.8 Å². The third-order valence-corrected chi connectivity index (χ3v) is 6.82. The molecule has 0 N–H and O–H groups in total. The highest BCUT2D eigenvalue weighted by Gasteiger charge is 2.31. The summed E-state index contributed by atoms with van der Waals surface area (Å²) in [5, 5.41) is 0. The molecule has 2 aromatic carbocycles. The predicted octanol–water partition coefficient (Wildman–Crippen LogP) is 5.81. The molecule has 0 saturated carbocycles. The molecule has 1 atom stereocenters. The number of rotatable bonds is 5. The van der Waals surface area contributed by atoms with Crippen molar-refractivity contribution in [2.75, 3.05) is 6.54 Å². The molecule has 1 aliphatic heterocycles. The van der Waals surface area contributed by atoms with E-state index in [4.69, 9.17) is 9.72 Å². The van der Waals surface area contributed by atoms with Crippen LogP contribution < -0.4 is 4.74 Å². The van der Waals surface area contributed by atoms with E-state index < -0.39 is 0 Å². The van der Waals surface area contributed by atoms with Gasteiger partial charge in [0.25, 0.3) is 5.91 Å². The molecule has 1 fully saturated rings. The first kappa shape index (κ1) is 24.5. The number of likely N-dealkylation sites (tertiary alicyclic amines) is 1. The SMILES string of the molecule is CC#CC(=O)N1CCCC[C@H]1c1nc(-c2ccc(COc3ccc(F)c(C)c3)cc2)c2c(C)nccn12. The summed E-state index contributed by atoms with van der Waals surface area (Å²) in [6, 6.07) is 12.7. The number of amides is 1. The van der Waals surface area contributed by atoms with Crippen LogP contribution >= 0.6 is 0 Å². The average molecular weight is 497 g/mol. The Balaban J connectivity index is 1.46. The van der Waals surface area contributed by atoms with Crippen LogP contribution in [0.15, 0.2) is 54.9 Å². The van der Waals surface area contributed by atoms with Crippen molar-refractivity contribution >= 4 is 11.4 Å². The standard InChI is InChI=1S/C30H29FN4O2/c1-4-7-27(36)34-16-6-5-8-26(34)30-33-28(29-21(3)32-15-17-35(29)30)23-11-9-22(10-12-23)19-37-24-13-14-25(31)20(2)18-24/h9-15,17-18,26H,5-6,8,16,19H2,1-3H3/t26-/m0/s1.